The van der Waals surface area contributed by atoms with E-state index in [1.807, 2.05) is 6.07 Å². The number of alkyl halides is 1. The average molecular weight is 304 g/mol. The Morgan fingerprint density at radius 1 is 1.26 bits per heavy atom. The summed E-state index contributed by atoms with van der Waals surface area (Å²) >= 11 is 5.42. The van der Waals surface area contributed by atoms with Crippen LogP contribution in [0.25, 0.3) is 0 Å². The molecule has 1 aromatic carbocycles. The van der Waals surface area contributed by atoms with Gasteiger partial charge >= 0.3 is 5.97 Å². The number of hydrogen-bond donors (Lipinski definition) is 0. The van der Waals surface area contributed by atoms with Gasteiger partial charge in [-0.25, -0.2) is 0 Å². The lowest BCUT2D eigenvalue weighted by Gasteiger charge is -2.31. The Morgan fingerprint density at radius 3 is 2.47 bits per heavy atom. The molecule has 5 heteroatoms. The van der Waals surface area contributed by atoms with Crippen molar-refractivity contribution in [3.05, 3.63) is 35.9 Å². The van der Waals surface area contributed by atoms with Crippen molar-refractivity contribution in [2.24, 2.45) is 0 Å². The highest BCUT2D eigenvalue weighted by Crippen LogP contribution is 2.16. The number of hydrogen-bond acceptors (Lipinski definition) is 3. The Bertz CT molecular complexity index is 378. The van der Waals surface area contributed by atoms with E-state index in [0.717, 1.165) is 32.5 Å². The number of esters is 1. The average Bonchev–Trinajstić information content (AvgIpc) is 2.42. The molecule has 0 atom stereocenters. The van der Waals surface area contributed by atoms with Crippen molar-refractivity contribution in [2.45, 2.75) is 25.5 Å². The quantitative estimate of drug-likeness (QED) is 0.633. The van der Waals surface area contributed by atoms with Gasteiger partial charge in [0.15, 0.2) is 0 Å². The van der Waals surface area contributed by atoms with Crippen LogP contribution in [-0.4, -0.2) is 35.9 Å². The predicted molar refractivity (Wildman–Crippen MR) is 78.8 cm³/mol. The third-order valence-corrected chi connectivity index (χ3v) is 3.41. The molecule has 1 saturated heterocycles. The van der Waals surface area contributed by atoms with E-state index in [1.54, 1.807) is 0 Å². The zero-order valence-electron chi connectivity index (χ0n) is 10.8. The first kappa shape index (κ1) is 16.3. The smallest absolute Gasteiger partial charge is 0.321 e. The minimum Gasteiger partial charge on any atom is -0.461 e. The molecule has 1 aliphatic heterocycles. The molecule has 1 fully saturated rings. The molecule has 0 amide bonds. The van der Waals surface area contributed by atoms with Gasteiger partial charge in [0.05, 0.1) is 0 Å². The van der Waals surface area contributed by atoms with Crippen LogP contribution in [0.15, 0.2) is 30.3 Å². The summed E-state index contributed by atoms with van der Waals surface area (Å²) in [4.78, 5) is 13.5. The van der Waals surface area contributed by atoms with Crippen LogP contribution < -0.4 is 0 Å². The number of likely N-dealkylation sites (tertiary alicyclic amines) is 1. The summed E-state index contributed by atoms with van der Waals surface area (Å²) in [6.45, 7) is 2.90. The van der Waals surface area contributed by atoms with Gasteiger partial charge in [0.1, 0.15) is 12.0 Å². The highest BCUT2D eigenvalue weighted by atomic mass is 35.5. The Morgan fingerprint density at radius 2 is 1.89 bits per heavy atom. The molecule has 1 aliphatic rings. The van der Waals surface area contributed by atoms with Gasteiger partial charge in [0.25, 0.3) is 0 Å². The highest BCUT2D eigenvalue weighted by Gasteiger charge is 2.21. The molecule has 0 saturated carbocycles. The third kappa shape index (κ3) is 5.39. The molecule has 0 radical (unpaired) electrons. The number of carbonyl (C=O) groups is 1. The number of carbonyl (C=O) groups excluding carboxylic acids is 1. The van der Waals surface area contributed by atoms with E-state index in [-0.39, 0.29) is 30.4 Å². The fourth-order valence-electron chi connectivity index (χ4n) is 2.24. The van der Waals surface area contributed by atoms with Crippen molar-refractivity contribution in [1.29, 1.82) is 0 Å². The Kier molecular flexibility index (Phi) is 7.21. The second-order valence-corrected chi connectivity index (χ2v) is 4.85. The largest absolute Gasteiger partial charge is 0.461 e. The van der Waals surface area contributed by atoms with E-state index >= 15 is 0 Å². The Hall–Kier alpha value is -0.770. The number of halogens is 2. The van der Waals surface area contributed by atoms with Crippen molar-refractivity contribution < 1.29 is 9.53 Å². The van der Waals surface area contributed by atoms with Crippen LogP contribution in [-0.2, 0) is 16.1 Å². The van der Waals surface area contributed by atoms with Gasteiger partial charge in [0, 0.05) is 19.6 Å². The minimum atomic E-state index is -0.307. The van der Waals surface area contributed by atoms with E-state index in [4.69, 9.17) is 16.3 Å². The van der Waals surface area contributed by atoms with Gasteiger partial charge < -0.3 is 4.74 Å². The first-order valence-corrected chi connectivity index (χ1v) is 6.83. The third-order valence-electron chi connectivity index (χ3n) is 3.19. The first-order valence-electron chi connectivity index (χ1n) is 6.29. The monoisotopic (exact) mass is 303 g/mol. The molecule has 1 aromatic rings. The summed E-state index contributed by atoms with van der Waals surface area (Å²) in [7, 11) is 0. The molecule has 0 aliphatic carbocycles. The zero-order valence-corrected chi connectivity index (χ0v) is 12.3. The molecule has 19 heavy (non-hydrogen) atoms. The van der Waals surface area contributed by atoms with E-state index in [9.17, 15) is 4.79 Å². The summed E-state index contributed by atoms with van der Waals surface area (Å²) in [5, 5.41) is 0. The van der Waals surface area contributed by atoms with E-state index < -0.39 is 0 Å². The van der Waals surface area contributed by atoms with Crippen LogP contribution in [0.4, 0.5) is 0 Å². The number of piperidine rings is 1. The second-order valence-electron chi connectivity index (χ2n) is 4.58. The predicted octanol–water partition coefficient (Wildman–Crippen LogP) is 2.85. The molecule has 0 bridgehead atoms. The van der Waals surface area contributed by atoms with Crippen LogP contribution in [0, 0.1) is 0 Å². The zero-order chi connectivity index (χ0) is 12.8. The van der Waals surface area contributed by atoms with E-state index in [2.05, 4.69) is 29.2 Å². The van der Waals surface area contributed by atoms with Crippen molar-refractivity contribution in [3.8, 4) is 0 Å². The van der Waals surface area contributed by atoms with Crippen molar-refractivity contribution in [3.63, 3.8) is 0 Å². The molecule has 3 nitrogen and oxygen atoms in total. The maximum absolute atomic E-state index is 11.1. The Balaban J connectivity index is 0.00000180. The normalized spacial score (nSPS) is 16.7. The molecule has 106 valence electrons. The fourth-order valence-corrected chi connectivity index (χ4v) is 2.31. The van der Waals surface area contributed by atoms with Crippen LogP contribution >= 0.6 is 24.0 Å². The van der Waals surface area contributed by atoms with Gasteiger partial charge in [-0.3, -0.25) is 9.69 Å². The molecule has 0 aromatic heterocycles. The second kappa shape index (κ2) is 8.41. The molecule has 0 spiro atoms. The minimum absolute atomic E-state index is 0. The molecule has 2 rings (SSSR count). The molecular weight excluding hydrogens is 285 g/mol. The van der Waals surface area contributed by atoms with E-state index in [1.165, 1.54) is 5.56 Å². The van der Waals surface area contributed by atoms with Gasteiger partial charge in [-0.15, -0.1) is 24.0 Å². The number of nitrogens with zero attached hydrogens (tertiary/aromatic N) is 1. The van der Waals surface area contributed by atoms with Gasteiger partial charge in [-0.2, -0.15) is 0 Å². The van der Waals surface area contributed by atoms with Crippen molar-refractivity contribution >= 4 is 30.0 Å². The molecule has 1 heterocycles. The summed E-state index contributed by atoms with van der Waals surface area (Å²) in [6, 6.07) is 10.4. The maximum atomic E-state index is 11.1. The molecule has 0 N–H and O–H groups in total. The summed E-state index contributed by atoms with van der Waals surface area (Å²) in [5.41, 5.74) is 1.33. The fraction of sp³-hybridized carbons (Fsp3) is 0.500. The van der Waals surface area contributed by atoms with Crippen LogP contribution in [0.2, 0.25) is 0 Å². The summed E-state index contributed by atoms with van der Waals surface area (Å²) in [5.74, 6) is -0.359. The van der Waals surface area contributed by atoms with Crippen molar-refractivity contribution in [1.82, 2.24) is 4.90 Å². The lowest BCUT2D eigenvalue weighted by molar-refractivity contribution is -0.148. The lowest BCUT2D eigenvalue weighted by Crippen LogP contribution is -2.37. The SMILES string of the molecule is Cl.O=C(CCl)OC1CCN(Cc2ccccc2)CC1. The standard InChI is InChI=1S/C14H18ClNO2.ClH/c15-10-14(17)18-13-6-8-16(9-7-13)11-12-4-2-1-3-5-12;/h1-5,13H,6-11H2;1H. The van der Waals surface area contributed by atoms with Gasteiger partial charge in [-0.1, -0.05) is 30.3 Å². The van der Waals surface area contributed by atoms with Gasteiger partial charge in [0.2, 0.25) is 0 Å². The number of benzene rings is 1. The Labute approximate surface area is 125 Å². The summed E-state index contributed by atoms with van der Waals surface area (Å²) < 4.78 is 5.24. The van der Waals surface area contributed by atoms with Crippen molar-refractivity contribution in [2.75, 3.05) is 19.0 Å². The van der Waals surface area contributed by atoms with Crippen LogP contribution in [0.5, 0.6) is 0 Å². The number of rotatable bonds is 4. The van der Waals surface area contributed by atoms with Gasteiger partial charge in [-0.05, 0) is 18.4 Å². The topological polar surface area (TPSA) is 29.5 Å². The highest BCUT2D eigenvalue weighted by molar-refractivity contribution is 6.26. The molecule has 0 unspecified atom stereocenters. The van der Waals surface area contributed by atoms with Crippen LogP contribution in [0.1, 0.15) is 18.4 Å². The molecular formula is C14H19Cl2NO2. The summed E-state index contributed by atoms with van der Waals surface area (Å²) in [6.07, 6.45) is 1.84. The first-order chi connectivity index (χ1) is 8.78. The number of ether oxygens (including phenoxy) is 1. The van der Waals surface area contributed by atoms with E-state index in [0.29, 0.717) is 0 Å². The maximum Gasteiger partial charge on any atom is 0.321 e. The lowest BCUT2D eigenvalue weighted by atomic mass is 10.1. The van der Waals surface area contributed by atoms with Crippen LogP contribution in [0.3, 0.4) is 0 Å².